The molecule has 1 heterocycles. The van der Waals surface area contributed by atoms with Crippen molar-refractivity contribution in [3.8, 4) is 0 Å². The van der Waals surface area contributed by atoms with E-state index in [2.05, 4.69) is 11.8 Å². The molecule has 1 atom stereocenters. The van der Waals surface area contributed by atoms with Gasteiger partial charge in [-0.25, -0.2) is 0 Å². The second-order valence-corrected chi connectivity index (χ2v) is 8.35. The number of hydrogen-bond acceptors (Lipinski definition) is 1. The fraction of sp³-hybridized carbons (Fsp3) is 0.950. The van der Waals surface area contributed by atoms with Gasteiger partial charge in [-0.3, -0.25) is 4.79 Å². The Hall–Kier alpha value is -0.530. The standard InChI is InChI=1S/C20H35NO/c1-16-9-11-18(12-10-16)19(17-6-3-2-4-7-17)13-15-21-14-5-8-20(21)22/h16-19H,2-15H2,1H3. The lowest BCUT2D eigenvalue weighted by Crippen LogP contribution is -2.33. The first-order chi connectivity index (χ1) is 10.7. The highest BCUT2D eigenvalue weighted by Gasteiger charge is 2.33. The van der Waals surface area contributed by atoms with Gasteiger partial charge in [0.2, 0.25) is 5.91 Å². The molecule has 0 aromatic carbocycles. The molecule has 3 aliphatic rings. The molecule has 1 unspecified atom stereocenters. The Morgan fingerprint density at radius 3 is 2.27 bits per heavy atom. The van der Waals surface area contributed by atoms with Crippen LogP contribution >= 0.6 is 0 Å². The summed E-state index contributed by atoms with van der Waals surface area (Å²) < 4.78 is 0. The van der Waals surface area contributed by atoms with Crippen molar-refractivity contribution in [1.82, 2.24) is 4.90 Å². The molecule has 0 N–H and O–H groups in total. The van der Waals surface area contributed by atoms with Gasteiger partial charge in [-0.2, -0.15) is 0 Å². The molecule has 1 saturated heterocycles. The van der Waals surface area contributed by atoms with Gasteiger partial charge in [0.05, 0.1) is 0 Å². The van der Waals surface area contributed by atoms with Crippen molar-refractivity contribution in [3.05, 3.63) is 0 Å². The first-order valence-electron chi connectivity index (χ1n) is 10.0. The highest BCUT2D eigenvalue weighted by atomic mass is 16.2. The van der Waals surface area contributed by atoms with E-state index in [9.17, 15) is 4.79 Å². The van der Waals surface area contributed by atoms with Crippen LogP contribution in [-0.2, 0) is 4.79 Å². The van der Waals surface area contributed by atoms with Crippen LogP contribution in [0.2, 0.25) is 0 Å². The average Bonchev–Trinajstić information content (AvgIpc) is 2.96. The van der Waals surface area contributed by atoms with Crippen molar-refractivity contribution >= 4 is 5.91 Å². The van der Waals surface area contributed by atoms with Crippen molar-refractivity contribution < 1.29 is 4.79 Å². The van der Waals surface area contributed by atoms with Crippen molar-refractivity contribution in [1.29, 1.82) is 0 Å². The smallest absolute Gasteiger partial charge is 0.222 e. The molecular weight excluding hydrogens is 270 g/mol. The second-order valence-electron chi connectivity index (χ2n) is 8.35. The van der Waals surface area contributed by atoms with Gasteiger partial charge in [-0.1, -0.05) is 51.9 Å². The van der Waals surface area contributed by atoms with Gasteiger partial charge in [0.25, 0.3) is 0 Å². The molecule has 1 amide bonds. The van der Waals surface area contributed by atoms with Gasteiger partial charge in [0.1, 0.15) is 0 Å². The van der Waals surface area contributed by atoms with E-state index in [1.165, 1.54) is 64.2 Å². The maximum absolute atomic E-state index is 11.9. The average molecular weight is 306 g/mol. The molecule has 0 radical (unpaired) electrons. The topological polar surface area (TPSA) is 20.3 Å². The number of amides is 1. The van der Waals surface area contributed by atoms with Gasteiger partial charge >= 0.3 is 0 Å². The molecule has 2 nitrogen and oxygen atoms in total. The molecule has 2 aliphatic carbocycles. The number of rotatable bonds is 5. The van der Waals surface area contributed by atoms with Gasteiger partial charge in [0, 0.05) is 19.5 Å². The molecular formula is C20H35NO. The lowest BCUT2D eigenvalue weighted by atomic mass is 9.67. The van der Waals surface area contributed by atoms with E-state index >= 15 is 0 Å². The van der Waals surface area contributed by atoms with Crippen LogP contribution in [0.25, 0.3) is 0 Å². The zero-order valence-corrected chi connectivity index (χ0v) is 14.6. The van der Waals surface area contributed by atoms with E-state index in [0.717, 1.165) is 49.6 Å². The summed E-state index contributed by atoms with van der Waals surface area (Å²) in [5, 5.41) is 0. The first-order valence-corrected chi connectivity index (χ1v) is 10.0. The normalized spacial score (nSPS) is 32.4. The fourth-order valence-corrected chi connectivity index (χ4v) is 5.38. The van der Waals surface area contributed by atoms with Crippen molar-refractivity contribution in [2.24, 2.45) is 23.7 Å². The Bertz CT molecular complexity index is 353. The third kappa shape index (κ3) is 4.06. The van der Waals surface area contributed by atoms with Gasteiger partial charge < -0.3 is 4.90 Å². The molecule has 126 valence electrons. The lowest BCUT2D eigenvalue weighted by molar-refractivity contribution is -0.128. The van der Waals surface area contributed by atoms with Crippen LogP contribution in [0.4, 0.5) is 0 Å². The molecule has 22 heavy (non-hydrogen) atoms. The first kappa shape index (κ1) is 16.3. The summed E-state index contributed by atoms with van der Waals surface area (Å²) in [6.45, 7) is 4.50. The van der Waals surface area contributed by atoms with Gasteiger partial charge in [0.15, 0.2) is 0 Å². The van der Waals surface area contributed by atoms with Crippen molar-refractivity contribution in [2.75, 3.05) is 13.1 Å². The SMILES string of the molecule is CC1CCC(C(CCN2CCCC2=O)C2CCCCC2)CC1. The maximum atomic E-state index is 11.9. The molecule has 0 aromatic rings. The second kappa shape index (κ2) is 7.84. The van der Waals surface area contributed by atoms with E-state index in [0.29, 0.717) is 5.91 Å². The molecule has 2 heteroatoms. The fourth-order valence-electron chi connectivity index (χ4n) is 5.38. The third-order valence-corrected chi connectivity index (χ3v) is 6.83. The van der Waals surface area contributed by atoms with E-state index < -0.39 is 0 Å². The number of hydrogen-bond donors (Lipinski definition) is 0. The molecule has 0 bridgehead atoms. The van der Waals surface area contributed by atoms with Crippen molar-refractivity contribution in [2.45, 2.75) is 84.0 Å². The summed E-state index contributed by atoms with van der Waals surface area (Å²) in [4.78, 5) is 14.1. The van der Waals surface area contributed by atoms with Crippen LogP contribution in [0.3, 0.4) is 0 Å². The summed E-state index contributed by atoms with van der Waals surface area (Å²) in [6.07, 6.45) is 16.3. The zero-order chi connectivity index (χ0) is 15.4. The predicted molar refractivity (Wildman–Crippen MR) is 91.6 cm³/mol. The monoisotopic (exact) mass is 305 g/mol. The number of likely N-dealkylation sites (tertiary alicyclic amines) is 1. The van der Waals surface area contributed by atoms with E-state index in [1.807, 2.05) is 0 Å². The van der Waals surface area contributed by atoms with Crippen LogP contribution in [0.5, 0.6) is 0 Å². The van der Waals surface area contributed by atoms with E-state index in [1.54, 1.807) is 0 Å². The Morgan fingerprint density at radius 2 is 1.64 bits per heavy atom. The Morgan fingerprint density at radius 1 is 0.955 bits per heavy atom. The summed E-state index contributed by atoms with van der Waals surface area (Å²) in [5.41, 5.74) is 0. The van der Waals surface area contributed by atoms with Crippen LogP contribution in [0.15, 0.2) is 0 Å². The summed E-state index contributed by atoms with van der Waals surface area (Å²) in [7, 11) is 0. The number of nitrogens with zero attached hydrogens (tertiary/aromatic N) is 1. The van der Waals surface area contributed by atoms with Gasteiger partial charge in [-0.05, 0) is 49.4 Å². The largest absolute Gasteiger partial charge is 0.343 e. The molecule has 0 aromatic heterocycles. The van der Waals surface area contributed by atoms with Gasteiger partial charge in [-0.15, -0.1) is 0 Å². The molecule has 3 rings (SSSR count). The minimum Gasteiger partial charge on any atom is -0.343 e. The molecule has 2 saturated carbocycles. The number of carbonyl (C=O) groups is 1. The Kier molecular flexibility index (Phi) is 5.82. The summed E-state index contributed by atoms with van der Waals surface area (Å²) >= 11 is 0. The van der Waals surface area contributed by atoms with E-state index in [-0.39, 0.29) is 0 Å². The Balaban J connectivity index is 1.58. The minimum atomic E-state index is 0.416. The molecule has 0 spiro atoms. The Labute approximate surface area is 137 Å². The van der Waals surface area contributed by atoms with Crippen LogP contribution in [0.1, 0.15) is 84.0 Å². The predicted octanol–water partition coefficient (Wildman–Crippen LogP) is 5.02. The molecule has 1 aliphatic heterocycles. The lowest BCUT2D eigenvalue weighted by Gasteiger charge is -2.39. The highest BCUT2D eigenvalue weighted by molar-refractivity contribution is 5.77. The zero-order valence-electron chi connectivity index (χ0n) is 14.6. The number of carbonyl (C=O) groups excluding carboxylic acids is 1. The summed E-state index contributed by atoms with van der Waals surface area (Å²) in [5.74, 6) is 4.19. The maximum Gasteiger partial charge on any atom is 0.222 e. The minimum absolute atomic E-state index is 0.416. The van der Waals surface area contributed by atoms with Crippen LogP contribution in [-0.4, -0.2) is 23.9 Å². The quantitative estimate of drug-likeness (QED) is 0.698. The van der Waals surface area contributed by atoms with Crippen molar-refractivity contribution in [3.63, 3.8) is 0 Å². The molecule has 3 fully saturated rings. The van der Waals surface area contributed by atoms with Crippen LogP contribution < -0.4 is 0 Å². The highest BCUT2D eigenvalue weighted by Crippen LogP contribution is 2.42. The van der Waals surface area contributed by atoms with E-state index in [4.69, 9.17) is 0 Å². The summed E-state index contributed by atoms with van der Waals surface area (Å²) in [6, 6.07) is 0. The van der Waals surface area contributed by atoms with Crippen LogP contribution in [0, 0.1) is 23.7 Å². The third-order valence-electron chi connectivity index (χ3n) is 6.83.